The van der Waals surface area contributed by atoms with Gasteiger partial charge >= 0.3 is 0 Å². The fourth-order valence-electron chi connectivity index (χ4n) is 5.75. The Labute approximate surface area is 215 Å². The lowest BCUT2D eigenvalue weighted by atomic mass is 9.87. The SMILES string of the molecule is COc1cc(-c2cc(C(=O)N3CC[C@@H](C(=O)N[C@H]4CCN(CC(C)(C)O)C4)CC34CC4)[nH]n2)c(F)cn1. The highest BCUT2D eigenvalue weighted by Gasteiger charge is 2.54. The molecule has 0 bridgehead atoms. The summed E-state index contributed by atoms with van der Waals surface area (Å²) in [6.45, 7) is 6.25. The number of H-pyrrole nitrogens is 1. The summed E-state index contributed by atoms with van der Waals surface area (Å²) in [5, 5.41) is 20.2. The van der Waals surface area contributed by atoms with Crippen LogP contribution in [0.25, 0.3) is 11.3 Å². The minimum Gasteiger partial charge on any atom is -0.481 e. The number of β-amino-alcohol motifs (C(OH)–C–C–N with tert-alkyl or cyclic N) is 1. The lowest BCUT2D eigenvalue weighted by Crippen LogP contribution is -2.52. The third-order valence-electron chi connectivity index (χ3n) is 7.70. The summed E-state index contributed by atoms with van der Waals surface area (Å²) in [5.74, 6) is -0.561. The molecule has 5 rings (SSSR count). The summed E-state index contributed by atoms with van der Waals surface area (Å²) in [5.41, 5.74) is -0.276. The molecule has 2 saturated heterocycles. The number of nitrogens with zero attached hydrogens (tertiary/aromatic N) is 4. The van der Waals surface area contributed by atoms with Crippen molar-refractivity contribution in [2.45, 2.75) is 63.1 Å². The first-order chi connectivity index (χ1) is 17.6. The van der Waals surface area contributed by atoms with Gasteiger partial charge in [-0.05, 0) is 52.0 Å². The van der Waals surface area contributed by atoms with Gasteiger partial charge in [0.15, 0.2) is 5.82 Å². The van der Waals surface area contributed by atoms with Crippen molar-refractivity contribution in [1.82, 2.24) is 30.3 Å². The molecular formula is C26H35FN6O4. The molecule has 3 aliphatic rings. The van der Waals surface area contributed by atoms with Crippen molar-refractivity contribution in [2.24, 2.45) is 5.92 Å². The molecule has 11 heteroatoms. The zero-order valence-corrected chi connectivity index (χ0v) is 21.6. The van der Waals surface area contributed by atoms with Gasteiger partial charge in [-0.2, -0.15) is 5.10 Å². The van der Waals surface area contributed by atoms with E-state index in [-0.39, 0.29) is 46.5 Å². The number of aromatic nitrogens is 3. The first kappa shape index (κ1) is 25.6. The van der Waals surface area contributed by atoms with E-state index in [9.17, 15) is 19.1 Å². The Kier molecular flexibility index (Phi) is 6.70. The van der Waals surface area contributed by atoms with Crippen LogP contribution in [0, 0.1) is 11.7 Å². The highest BCUT2D eigenvalue weighted by molar-refractivity contribution is 5.94. The molecule has 3 fully saturated rings. The predicted molar refractivity (Wildman–Crippen MR) is 133 cm³/mol. The standard InChI is InChI=1S/C26H35FN6O4/c1-25(2,36)15-32-8-5-17(14-32)29-23(34)16-4-9-33(26(12-16)6-7-26)24(35)21-11-20(30-31-21)18-10-22(37-3)28-13-19(18)27/h10-11,13,16-17,36H,4-9,12,14-15H2,1-3H3,(H,29,34)(H,30,31)/t16-,17+/m1/s1. The number of piperidine rings is 1. The number of hydrogen-bond acceptors (Lipinski definition) is 7. The number of halogens is 1. The number of methoxy groups -OCH3 is 1. The van der Waals surface area contributed by atoms with Crippen molar-refractivity contribution in [2.75, 3.05) is 33.3 Å². The summed E-state index contributed by atoms with van der Waals surface area (Å²) >= 11 is 0. The van der Waals surface area contributed by atoms with Crippen LogP contribution in [0.2, 0.25) is 0 Å². The van der Waals surface area contributed by atoms with Crippen LogP contribution in [0.15, 0.2) is 18.3 Å². The molecule has 200 valence electrons. The van der Waals surface area contributed by atoms with Crippen molar-refractivity contribution in [1.29, 1.82) is 0 Å². The summed E-state index contributed by atoms with van der Waals surface area (Å²) < 4.78 is 19.4. The largest absolute Gasteiger partial charge is 0.481 e. The lowest BCUT2D eigenvalue weighted by Gasteiger charge is -2.39. The molecule has 0 radical (unpaired) electrons. The van der Waals surface area contributed by atoms with Crippen molar-refractivity contribution in [3.05, 3.63) is 29.8 Å². The Balaban J connectivity index is 1.20. The van der Waals surface area contributed by atoms with E-state index in [0.29, 0.717) is 31.6 Å². The Morgan fingerprint density at radius 1 is 1.30 bits per heavy atom. The van der Waals surface area contributed by atoms with E-state index in [1.807, 2.05) is 4.90 Å². The number of nitrogens with one attached hydrogen (secondary N) is 2. The molecule has 2 amide bonds. The van der Waals surface area contributed by atoms with Gasteiger partial charge in [-0.3, -0.25) is 19.6 Å². The van der Waals surface area contributed by atoms with E-state index < -0.39 is 11.4 Å². The maximum absolute atomic E-state index is 14.3. The average Bonchev–Trinajstić information content (AvgIpc) is 3.23. The molecule has 2 aromatic heterocycles. The number of aromatic amines is 1. The van der Waals surface area contributed by atoms with Gasteiger partial charge < -0.3 is 20.1 Å². The fourth-order valence-corrected chi connectivity index (χ4v) is 5.75. The number of hydrogen-bond donors (Lipinski definition) is 3. The number of amides is 2. The van der Waals surface area contributed by atoms with Crippen LogP contribution < -0.4 is 10.1 Å². The van der Waals surface area contributed by atoms with Crippen molar-refractivity contribution in [3.8, 4) is 17.1 Å². The summed E-state index contributed by atoms with van der Waals surface area (Å²) in [6, 6.07) is 3.08. The van der Waals surface area contributed by atoms with Crippen LogP contribution >= 0.6 is 0 Å². The second-order valence-corrected chi connectivity index (χ2v) is 11.3. The molecule has 1 aliphatic carbocycles. The van der Waals surface area contributed by atoms with E-state index >= 15 is 0 Å². The highest BCUT2D eigenvalue weighted by Crippen LogP contribution is 2.50. The minimum atomic E-state index is -0.759. The molecule has 1 saturated carbocycles. The van der Waals surface area contributed by atoms with Crippen LogP contribution in [-0.2, 0) is 4.79 Å². The molecule has 10 nitrogen and oxygen atoms in total. The van der Waals surface area contributed by atoms with Gasteiger partial charge in [0, 0.05) is 55.3 Å². The number of ether oxygens (including phenoxy) is 1. The number of carbonyl (C=O) groups is 2. The molecule has 2 atom stereocenters. The molecule has 4 heterocycles. The van der Waals surface area contributed by atoms with Crippen molar-refractivity contribution in [3.63, 3.8) is 0 Å². The second-order valence-electron chi connectivity index (χ2n) is 11.3. The Morgan fingerprint density at radius 2 is 2.08 bits per heavy atom. The van der Waals surface area contributed by atoms with Gasteiger partial charge in [0.25, 0.3) is 5.91 Å². The fraction of sp³-hybridized carbons (Fsp3) is 0.615. The average molecular weight is 515 g/mol. The first-order valence-corrected chi connectivity index (χ1v) is 12.9. The summed E-state index contributed by atoms with van der Waals surface area (Å²) in [7, 11) is 1.45. The van der Waals surface area contributed by atoms with E-state index in [0.717, 1.165) is 38.5 Å². The second kappa shape index (κ2) is 9.68. The quantitative estimate of drug-likeness (QED) is 0.516. The zero-order valence-electron chi connectivity index (χ0n) is 21.6. The van der Waals surface area contributed by atoms with Crippen LogP contribution in [0.4, 0.5) is 4.39 Å². The van der Waals surface area contributed by atoms with Crippen molar-refractivity contribution < 1.29 is 23.8 Å². The number of pyridine rings is 1. The third kappa shape index (κ3) is 5.47. The summed E-state index contributed by atoms with van der Waals surface area (Å²) in [4.78, 5) is 34.4. The molecule has 0 aromatic carbocycles. The van der Waals surface area contributed by atoms with E-state index in [1.54, 1.807) is 19.9 Å². The Hall–Kier alpha value is -3.05. The van der Waals surface area contributed by atoms with Crippen LogP contribution in [0.3, 0.4) is 0 Å². The van der Waals surface area contributed by atoms with Crippen molar-refractivity contribution >= 4 is 11.8 Å². The van der Waals surface area contributed by atoms with Crippen LogP contribution in [0.1, 0.15) is 56.4 Å². The van der Waals surface area contributed by atoms with Gasteiger partial charge in [0.1, 0.15) is 5.69 Å². The molecule has 0 unspecified atom stereocenters. The predicted octanol–water partition coefficient (Wildman–Crippen LogP) is 1.97. The van der Waals surface area contributed by atoms with Gasteiger partial charge in [0.2, 0.25) is 11.8 Å². The number of carbonyl (C=O) groups excluding carboxylic acids is 2. The molecule has 1 spiro atoms. The van der Waals surface area contributed by atoms with Gasteiger partial charge in [-0.1, -0.05) is 0 Å². The Morgan fingerprint density at radius 3 is 2.78 bits per heavy atom. The third-order valence-corrected chi connectivity index (χ3v) is 7.70. The maximum Gasteiger partial charge on any atom is 0.272 e. The number of aliphatic hydroxyl groups is 1. The topological polar surface area (TPSA) is 124 Å². The van der Waals surface area contributed by atoms with Gasteiger partial charge in [0.05, 0.1) is 24.6 Å². The van der Waals surface area contributed by atoms with Gasteiger partial charge in [-0.25, -0.2) is 9.37 Å². The number of rotatable bonds is 7. The highest BCUT2D eigenvalue weighted by atomic mass is 19.1. The van der Waals surface area contributed by atoms with Gasteiger partial charge in [-0.15, -0.1) is 0 Å². The maximum atomic E-state index is 14.3. The number of likely N-dealkylation sites (tertiary alicyclic amines) is 2. The summed E-state index contributed by atoms with van der Waals surface area (Å²) in [6.07, 6.45) is 4.90. The molecule has 3 N–H and O–H groups in total. The minimum absolute atomic E-state index is 0.0550. The van der Waals surface area contributed by atoms with E-state index in [1.165, 1.54) is 13.2 Å². The Bertz CT molecular complexity index is 1170. The normalized spacial score (nSPS) is 23.3. The zero-order chi connectivity index (χ0) is 26.4. The van der Waals surface area contributed by atoms with Crippen LogP contribution in [-0.4, -0.2) is 92.4 Å². The molecule has 2 aliphatic heterocycles. The molecule has 2 aromatic rings. The molecule has 37 heavy (non-hydrogen) atoms. The van der Waals surface area contributed by atoms with Crippen LogP contribution in [0.5, 0.6) is 5.88 Å². The van der Waals surface area contributed by atoms with E-state index in [2.05, 4.69) is 25.4 Å². The smallest absolute Gasteiger partial charge is 0.272 e. The monoisotopic (exact) mass is 514 g/mol. The van der Waals surface area contributed by atoms with E-state index in [4.69, 9.17) is 4.74 Å². The first-order valence-electron chi connectivity index (χ1n) is 12.9. The lowest BCUT2D eigenvalue weighted by molar-refractivity contribution is -0.127. The molecular weight excluding hydrogens is 479 g/mol.